The summed E-state index contributed by atoms with van der Waals surface area (Å²) in [4.78, 5) is 15.7. The molecular weight excluding hydrogens is 347 g/mol. The number of aromatic amines is 1. The maximum atomic E-state index is 12.5. The molecule has 1 aromatic heterocycles. The first kappa shape index (κ1) is 17.6. The van der Waals surface area contributed by atoms with Gasteiger partial charge in [0.1, 0.15) is 0 Å². The largest absolute Gasteiger partial charge is 0.416 e. The van der Waals surface area contributed by atoms with Gasteiger partial charge < -0.3 is 4.98 Å². The van der Waals surface area contributed by atoms with Crippen LogP contribution in [0.1, 0.15) is 27.2 Å². The fourth-order valence-corrected chi connectivity index (χ4v) is 3.62. The second-order valence-electron chi connectivity index (χ2n) is 5.78. The van der Waals surface area contributed by atoms with E-state index >= 15 is 0 Å². The summed E-state index contributed by atoms with van der Waals surface area (Å²) < 4.78 is 37.6. The Kier molecular flexibility index (Phi) is 4.90. The molecule has 6 heteroatoms. The first-order valence-corrected chi connectivity index (χ1v) is 8.86. The zero-order valence-corrected chi connectivity index (χ0v) is 14.3. The molecular formula is C19H16F3NOS. The maximum Gasteiger partial charge on any atom is 0.416 e. The number of aryl methyl sites for hydroxylation is 1. The molecule has 0 aliphatic heterocycles. The number of Topliss-reactive ketones (excluding diaryl/α,β-unsaturated/α-hetero) is 1. The Labute approximate surface area is 147 Å². The molecule has 25 heavy (non-hydrogen) atoms. The smallest absolute Gasteiger partial charge is 0.358 e. The number of benzene rings is 2. The first-order chi connectivity index (χ1) is 11.9. The fraction of sp³-hybridized carbons (Fsp3) is 0.211. The number of thioether (sulfide) groups is 1. The van der Waals surface area contributed by atoms with Crippen LogP contribution < -0.4 is 0 Å². The van der Waals surface area contributed by atoms with Crippen molar-refractivity contribution < 1.29 is 18.0 Å². The van der Waals surface area contributed by atoms with Crippen LogP contribution in [0.4, 0.5) is 13.2 Å². The van der Waals surface area contributed by atoms with Crippen LogP contribution in [0.2, 0.25) is 0 Å². The third kappa shape index (κ3) is 3.90. The molecule has 2 aromatic carbocycles. The van der Waals surface area contributed by atoms with Crippen molar-refractivity contribution in [1.82, 2.24) is 4.98 Å². The molecule has 0 radical (unpaired) electrons. The number of carbonyl (C=O) groups is 1. The highest BCUT2D eigenvalue weighted by atomic mass is 32.2. The molecule has 0 bridgehead atoms. The molecule has 0 fully saturated rings. The van der Waals surface area contributed by atoms with Gasteiger partial charge in [-0.1, -0.05) is 30.3 Å². The molecule has 0 atom stereocenters. The van der Waals surface area contributed by atoms with Gasteiger partial charge in [0.05, 0.1) is 11.3 Å². The number of halogens is 3. The monoisotopic (exact) mass is 363 g/mol. The third-order valence-electron chi connectivity index (χ3n) is 3.96. The van der Waals surface area contributed by atoms with E-state index < -0.39 is 11.7 Å². The Hall–Kier alpha value is -2.21. The number of para-hydroxylation sites is 1. The van der Waals surface area contributed by atoms with Crippen molar-refractivity contribution in [2.45, 2.75) is 18.9 Å². The molecule has 3 rings (SSSR count). The molecule has 2 nitrogen and oxygen atoms in total. The van der Waals surface area contributed by atoms with Crippen LogP contribution in [-0.4, -0.2) is 16.5 Å². The van der Waals surface area contributed by atoms with Crippen molar-refractivity contribution in [3.63, 3.8) is 0 Å². The molecule has 0 saturated carbocycles. The first-order valence-electron chi connectivity index (χ1n) is 7.70. The van der Waals surface area contributed by atoms with Gasteiger partial charge in [0.2, 0.25) is 0 Å². The zero-order chi connectivity index (χ0) is 18.0. The number of hydrogen-bond donors (Lipinski definition) is 1. The summed E-state index contributed by atoms with van der Waals surface area (Å²) in [7, 11) is 0. The summed E-state index contributed by atoms with van der Waals surface area (Å²) in [6.45, 7) is 1.87. The highest BCUT2D eigenvalue weighted by molar-refractivity contribution is 7.99. The second kappa shape index (κ2) is 6.96. The highest BCUT2D eigenvalue weighted by Gasteiger charge is 2.29. The minimum Gasteiger partial charge on any atom is -0.358 e. The van der Waals surface area contributed by atoms with Crippen LogP contribution in [0, 0.1) is 6.92 Å². The van der Waals surface area contributed by atoms with E-state index in [1.54, 1.807) is 0 Å². The molecule has 3 aromatic rings. The van der Waals surface area contributed by atoms with Gasteiger partial charge in [0.25, 0.3) is 0 Å². The molecule has 1 N–H and O–H groups in total. The van der Waals surface area contributed by atoms with E-state index in [4.69, 9.17) is 0 Å². The lowest BCUT2D eigenvalue weighted by Gasteiger charge is -2.07. The summed E-state index contributed by atoms with van der Waals surface area (Å²) in [6.07, 6.45) is -4.32. The Balaban J connectivity index is 1.64. The van der Waals surface area contributed by atoms with Crippen molar-refractivity contribution >= 4 is 28.4 Å². The predicted octanol–water partition coefficient (Wildman–Crippen LogP) is 5.61. The third-order valence-corrected chi connectivity index (χ3v) is 4.96. The predicted molar refractivity (Wildman–Crippen MR) is 95.0 cm³/mol. The molecule has 0 aliphatic carbocycles. The van der Waals surface area contributed by atoms with Crippen LogP contribution in [0.15, 0.2) is 48.5 Å². The quantitative estimate of drug-likeness (QED) is 0.598. The molecule has 130 valence electrons. The Morgan fingerprint density at radius 2 is 1.76 bits per heavy atom. The molecule has 0 saturated heterocycles. The van der Waals surface area contributed by atoms with Crippen LogP contribution in [0.5, 0.6) is 0 Å². The van der Waals surface area contributed by atoms with Crippen molar-refractivity contribution in [1.29, 1.82) is 0 Å². The minimum atomic E-state index is -4.32. The van der Waals surface area contributed by atoms with Crippen LogP contribution >= 0.6 is 11.8 Å². The fourth-order valence-electron chi connectivity index (χ4n) is 2.76. The van der Waals surface area contributed by atoms with Crippen molar-refractivity contribution in [2.24, 2.45) is 0 Å². The normalized spacial score (nSPS) is 11.8. The molecule has 0 spiro atoms. The minimum absolute atomic E-state index is 0.0202. The molecule has 0 amide bonds. The maximum absolute atomic E-state index is 12.5. The van der Waals surface area contributed by atoms with Gasteiger partial charge in [-0.2, -0.15) is 13.2 Å². The van der Waals surface area contributed by atoms with Crippen LogP contribution in [0.25, 0.3) is 10.9 Å². The molecule has 0 aliphatic rings. The summed E-state index contributed by atoms with van der Waals surface area (Å²) in [5.41, 5.74) is 2.56. The average molecular weight is 363 g/mol. The van der Waals surface area contributed by atoms with Gasteiger partial charge in [-0.3, -0.25) is 4.79 Å². The zero-order valence-electron chi connectivity index (χ0n) is 13.5. The van der Waals surface area contributed by atoms with Gasteiger partial charge in [-0.15, -0.1) is 11.8 Å². The number of ketones is 1. The van der Waals surface area contributed by atoms with Crippen LogP contribution in [-0.2, 0) is 11.9 Å². The van der Waals surface area contributed by atoms with E-state index in [2.05, 4.69) is 4.98 Å². The number of rotatable bonds is 5. The van der Waals surface area contributed by atoms with Crippen molar-refractivity contribution in [3.8, 4) is 0 Å². The van der Waals surface area contributed by atoms with Gasteiger partial charge in [-0.05, 0) is 30.7 Å². The standard InChI is InChI=1S/C19H16F3NOS/c1-12-18(15-4-2-3-5-16(15)23-12)17(24)11-25-10-13-6-8-14(9-7-13)19(20,21)22/h2-9,23H,10-11H2,1H3. The van der Waals surface area contributed by atoms with E-state index in [0.29, 0.717) is 11.3 Å². The van der Waals surface area contributed by atoms with E-state index in [9.17, 15) is 18.0 Å². The number of nitrogens with one attached hydrogen (secondary N) is 1. The summed E-state index contributed by atoms with van der Waals surface area (Å²) in [5.74, 6) is 0.793. The van der Waals surface area contributed by atoms with E-state index in [1.165, 1.54) is 23.9 Å². The summed E-state index contributed by atoms with van der Waals surface area (Å²) in [5, 5.41) is 0.903. The number of alkyl halides is 3. The van der Waals surface area contributed by atoms with Crippen molar-refractivity contribution in [2.75, 3.05) is 5.75 Å². The molecule has 1 heterocycles. The highest BCUT2D eigenvalue weighted by Crippen LogP contribution is 2.30. The summed E-state index contributed by atoms with van der Waals surface area (Å²) in [6, 6.07) is 12.7. The van der Waals surface area contributed by atoms with E-state index in [0.717, 1.165) is 34.3 Å². The topological polar surface area (TPSA) is 32.9 Å². The second-order valence-corrected chi connectivity index (χ2v) is 6.77. The Bertz CT molecular complexity index is 897. The Morgan fingerprint density at radius 3 is 2.44 bits per heavy atom. The molecule has 0 unspecified atom stereocenters. The summed E-state index contributed by atoms with van der Waals surface area (Å²) >= 11 is 1.40. The van der Waals surface area contributed by atoms with E-state index in [-0.39, 0.29) is 11.5 Å². The SMILES string of the molecule is Cc1[nH]c2ccccc2c1C(=O)CSCc1ccc(C(F)(F)F)cc1. The lowest BCUT2D eigenvalue weighted by atomic mass is 10.1. The number of fused-ring (bicyclic) bond motifs is 1. The number of hydrogen-bond acceptors (Lipinski definition) is 2. The van der Waals surface area contributed by atoms with Crippen LogP contribution in [0.3, 0.4) is 0 Å². The van der Waals surface area contributed by atoms with Gasteiger partial charge in [0.15, 0.2) is 5.78 Å². The van der Waals surface area contributed by atoms with Gasteiger partial charge in [0, 0.05) is 27.9 Å². The number of aromatic nitrogens is 1. The number of H-pyrrole nitrogens is 1. The van der Waals surface area contributed by atoms with Gasteiger partial charge >= 0.3 is 6.18 Å². The van der Waals surface area contributed by atoms with E-state index in [1.807, 2.05) is 31.2 Å². The Morgan fingerprint density at radius 1 is 1.08 bits per heavy atom. The average Bonchev–Trinajstić information content (AvgIpc) is 2.90. The van der Waals surface area contributed by atoms with Crippen molar-refractivity contribution in [3.05, 3.63) is 70.9 Å². The lowest BCUT2D eigenvalue weighted by Crippen LogP contribution is -2.05. The lowest BCUT2D eigenvalue weighted by molar-refractivity contribution is -0.137. The van der Waals surface area contributed by atoms with Gasteiger partial charge in [-0.25, -0.2) is 0 Å². The number of carbonyl (C=O) groups excluding carboxylic acids is 1.